The third kappa shape index (κ3) is 42.5. The van der Waals surface area contributed by atoms with Crippen molar-refractivity contribution >= 4 is 34.1 Å². The van der Waals surface area contributed by atoms with Gasteiger partial charge in [0.25, 0.3) is 0 Å². The van der Waals surface area contributed by atoms with Gasteiger partial charge in [0.05, 0.1) is 23.0 Å². The van der Waals surface area contributed by atoms with Crippen molar-refractivity contribution in [2.45, 2.75) is 54.6 Å². The molecule has 16 nitrogen and oxygen atoms in total. The van der Waals surface area contributed by atoms with Crippen LogP contribution >= 0.6 is 0 Å². The third-order valence-electron chi connectivity index (χ3n) is 18.5. The number of para-hydroxylation sites is 1. The van der Waals surface area contributed by atoms with Crippen molar-refractivity contribution in [3.63, 3.8) is 0 Å². The van der Waals surface area contributed by atoms with Crippen LogP contribution in [0.25, 0.3) is 123 Å². The van der Waals surface area contributed by atoms with Gasteiger partial charge in [0, 0.05) is 165 Å². The fourth-order valence-electron chi connectivity index (χ4n) is 12.6. The van der Waals surface area contributed by atoms with Crippen molar-refractivity contribution in [1.29, 1.82) is 0 Å². The van der Waals surface area contributed by atoms with Crippen molar-refractivity contribution in [1.82, 2.24) is 34.9 Å². The number of aromatic carboxylic acids is 1. The number of ketones is 3. The number of phenolic OH excluding ortho intramolecular Hbond substituents is 1. The summed E-state index contributed by atoms with van der Waals surface area (Å²) in [5.74, 6) is -0.850. The maximum Gasteiger partial charge on any atom is 2.00 e. The molecule has 24 heteroatoms. The minimum atomic E-state index is -4.38. The van der Waals surface area contributed by atoms with Crippen LogP contribution in [0.1, 0.15) is 63.2 Å². The summed E-state index contributed by atoms with van der Waals surface area (Å²) in [6.07, 6.45) is 11.2. The summed E-state index contributed by atoms with van der Waals surface area (Å²) in [6.45, 7) is 10.2. The van der Waals surface area contributed by atoms with Crippen LogP contribution in [-0.2, 0) is 122 Å². The Bertz CT molecular complexity index is 6660. The minimum Gasteiger partial charge on any atom is -0.512 e. The van der Waals surface area contributed by atoms with E-state index in [0.717, 1.165) is 95.7 Å². The molecular formula is C117H96F3Ir4N7O9Pt-4. The molecule has 0 aliphatic heterocycles. The molecule has 0 aliphatic rings. The van der Waals surface area contributed by atoms with Gasteiger partial charge in [0.1, 0.15) is 11.4 Å². The second kappa shape index (κ2) is 64.8. The number of aromatic hydroxyl groups is 1. The van der Waals surface area contributed by atoms with E-state index in [0.29, 0.717) is 22.6 Å². The largest absolute Gasteiger partial charge is 2.00 e. The number of carbonyl (C=O) groups excluding carboxylic acids is 3. The molecule has 0 saturated carbocycles. The van der Waals surface area contributed by atoms with Crippen molar-refractivity contribution in [2.24, 2.45) is 0 Å². The molecule has 5 N–H and O–H groups in total. The average Bonchev–Trinajstić information content (AvgIpc) is 0.797. The SMILES string of the molecule is CC(=O)C=C(C)O.CC(=O)C=C(C)O.CC(=O)C=C(C)O.Cc1cc(-c2ccccn2)[c-]c(C(F)(F)F)c1.O=C(O)c1ccccn1.Oc1ccccc1-c1ccccc1.[Ir].[Ir].[Ir].[Ir].[Pt+2].[c-]1cc(-c2ccccc2)c(-c2ccccc2)cc1-c1cnc(-c2ccccc2)cn1.[c-]1ccccc1-c1[c-]c(-c2ccccn2)ccc1.[c-]1ccccc1-c1ccccn1.[c-]1ccccc1-c1nccc2ccccc12. The van der Waals surface area contributed by atoms with Gasteiger partial charge in [-0.1, -0.05) is 230 Å². The Morgan fingerprint density at radius 3 is 1.16 bits per heavy atom. The average molecular weight is 2770 g/mol. The summed E-state index contributed by atoms with van der Waals surface area (Å²) in [7, 11) is 0. The number of pyridine rings is 5. The Morgan fingerprint density at radius 2 is 0.723 bits per heavy atom. The Kier molecular flexibility index (Phi) is 54.7. The summed E-state index contributed by atoms with van der Waals surface area (Å²) >= 11 is 0. The van der Waals surface area contributed by atoms with E-state index in [1.54, 1.807) is 68.0 Å². The number of aliphatic hydroxyl groups is 3. The van der Waals surface area contributed by atoms with Gasteiger partial charge in [0.15, 0.2) is 17.3 Å². The monoisotopic (exact) mass is 2770 g/mol. The van der Waals surface area contributed by atoms with Gasteiger partial charge in [-0.15, -0.1) is 149 Å². The maximum absolute atomic E-state index is 12.6. The number of carbonyl (C=O) groups is 4. The molecule has 18 aromatic rings. The predicted octanol–water partition coefficient (Wildman–Crippen LogP) is 28.0. The maximum atomic E-state index is 12.6. The Labute approximate surface area is 889 Å². The number of carboxylic acids is 1. The number of fused-ring (bicyclic) bond motifs is 1. The summed E-state index contributed by atoms with van der Waals surface area (Å²) in [5, 5.41) is 45.4. The van der Waals surface area contributed by atoms with Gasteiger partial charge >= 0.3 is 33.2 Å². The van der Waals surface area contributed by atoms with E-state index in [9.17, 15) is 37.5 Å². The van der Waals surface area contributed by atoms with Crippen LogP contribution in [0.15, 0.2) is 443 Å². The van der Waals surface area contributed by atoms with Crippen molar-refractivity contribution in [3.05, 3.63) is 496 Å². The van der Waals surface area contributed by atoms with E-state index in [1.807, 2.05) is 255 Å². The standard InChI is InChI=1S/C28H19N2.C17H11N.C15H10N.C13H9F3N.C12H10O.C11H8N.C6H5NO2.3C5H8O2.4Ir.Pt/c1-4-10-21(11-5-1)25-17-16-24(18-26(25)22-12-6-2-7-13-22)28-20-29-27(19-30-28)23-14-8-3-9-15-23;1-2-7-14(8-3-1)15-9-6-10-16(13-15)17-11-4-5-12-18-17;1-2-7-13(8-3-1)15-14-9-5-4-6-12(14)10-11-16-15;1-9-6-10(12-4-2-3-5-17-12)8-11(7-9)13(14,15)16;13-12-9-5-4-8-11(12)10-6-2-1-3-7-10;1-2-6-10(7-3-1)11-8-4-5-9-12-11;8-6(9)5-3-1-2-4-7-5;3*1-4(6)3-5(2)7;;;;;/h1-15,17-20H;1-7,9-12H;1-7,9-11H;2-7H,1H3;1-9,13H;1-6,8-9H;1-4H,(H,8,9);3*3,6H,1-2H3;;;;;/q-1;-2;2*-1;;-1;;;;;;;;;+2. The molecule has 0 spiro atoms. The van der Waals surface area contributed by atoms with E-state index in [1.165, 1.54) is 93.9 Å². The first-order valence-corrected chi connectivity index (χ1v) is 42.5. The number of halogens is 3. The molecule has 0 amide bonds. The number of aromatic nitrogens is 7. The van der Waals surface area contributed by atoms with Crippen molar-refractivity contribution in [2.75, 3.05) is 0 Å². The summed E-state index contributed by atoms with van der Waals surface area (Å²) in [5.41, 5.74) is 19.0. The number of nitrogens with zero attached hydrogens (tertiary/aromatic N) is 7. The Hall–Kier alpha value is -14.3. The molecule has 141 heavy (non-hydrogen) atoms. The molecule has 12 aromatic carbocycles. The molecule has 0 atom stereocenters. The van der Waals surface area contributed by atoms with Gasteiger partial charge < -0.3 is 45.5 Å². The number of rotatable bonds is 14. The molecule has 0 aliphatic carbocycles. The molecule has 6 aromatic heterocycles. The van der Waals surface area contributed by atoms with Crippen molar-refractivity contribution in [3.8, 4) is 118 Å². The second-order valence-electron chi connectivity index (χ2n) is 29.5. The second-order valence-corrected chi connectivity index (χ2v) is 29.5. The van der Waals surface area contributed by atoms with Crippen LogP contribution in [0.2, 0.25) is 0 Å². The van der Waals surface area contributed by atoms with Crippen LogP contribution in [-0.4, -0.2) is 83.7 Å². The van der Waals surface area contributed by atoms with E-state index in [-0.39, 0.29) is 142 Å². The van der Waals surface area contributed by atoms with Gasteiger partial charge in [-0.2, -0.15) is 55.1 Å². The number of aryl methyl sites for hydroxylation is 1. The molecule has 18 rings (SSSR count). The fourth-order valence-corrected chi connectivity index (χ4v) is 12.6. The van der Waals surface area contributed by atoms with Crippen LogP contribution in [0, 0.1) is 43.3 Å². The summed E-state index contributed by atoms with van der Waals surface area (Å²) in [4.78, 5) is 70.1. The molecule has 0 fully saturated rings. The number of benzene rings is 12. The van der Waals surface area contributed by atoms with E-state index >= 15 is 0 Å². The molecule has 6 heterocycles. The van der Waals surface area contributed by atoms with Crippen LogP contribution in [0.4, 0.5) is 13.2 Å². The third-order valence-corrected chi connectivity index (χ3v) is 18.5. The molecule has 0 saturated heterocycles. The van der Waals surface area contributed by atoms with Crippen molar-refractivity contribution < 1.29 is 159 Å². The number of phenols is 1. The van der Waals surface area contributed by atoms with Crippen LogP contribution < -0.4 is 0 Å². The first kappa shape index (κ1) is 119. The van der Waals surface area contributed by atoms with Gasteiger partial charge in [-0.3, -0.25) is 24.4 Å². The van der Waals surface area contributed by atoms with E-state index in [4.69, 9.17) is 20.4 Å². The van der Waals surface area contributed by atoms with E-state index < -0.39 is 17.7 Å². The Morgan fingerprint density at radius 1 is 0.319 bits per heavy atom. The first-order chi connectivity index (χ1) is 65.8. The van der Waals surface area contributed by atoms with E-state index in [2.05, 4.69) is 144 Å². The zero-order valence-corrected chi connectivity index (χ0v) is 89.1. The topological polar surface area (TPSA) is 260 Å². The predicted molar refractivity (Wildman–Crippen MR) is 534 cm³/mol. The van der Waals surface area contributed by atoms with Gasteiger partial charge in [0.2, 0.25) is 0 Å². The normalized spacial score (nSPS) is 10.2. The molecule has 724 valence electrons. The van der Waals surface area contributed by atoms with Crippen LogP contribution in [0.5, 0.6) is 5.75 Å². The number of carboxylic acid groups (broad SMARTS) is 1. The zero-order chi connectivity index (χ0) is 97.2. The summed E-state index contributed by atoms with van der Waals surface area (Å²) in [6, 6.07) is 135. The number of hydrogen-bond donors (Lipinski definition) is 5. The molecule has 4 radical (unpaired) electrons. The minimum absolute atomic E-state index is 0. The number of allylic oxidation sites excluding steroid dienone is 6. The molecule has 0 bridgehead atoms. The molecule has 0 unspecified atom stereocenters. The zero-order valence-electron chi connectivity index (χ0n) is 77.2. The van der Waals surface area contributed by atoms with Crippen LogP contribution in [0.3, 0.4) is 0 Å². The number of hydrogen-bond acceptors (Lipinski definition) is 15. The van der Waals surface area contributed by atoms with Gasteiger partial charge in [-0.25, -0.2) is 15.3 Å². The number of aliphatic hydroxyl groups excluding tert-OH is 3. The molecular weight excluding hydrogens is 2670 g/mol. The van der Waals surface area contributed by atoms with Gasteiger partial charge in [-0.05, 0) is 129 Å². The first-order valence-electron chi connectivity index (χ1n) is 42.5. The summed E-state index contributed by atoms with van der Waals surface area (Å²) < 4.78 is 37.8. The number of alkyl halides is 3. The quantitative estimate of drug-likeness (QED) is 0.0385. The smallest absolute Gasteiger partial charge is 0.512 e. The fraction of sp³-hybridized carbons (Fsp3) is 0.0684. The Balaban J connectivity index is 0.000000337.